The molecule has 7 heteroatoms. The summed E-state index contributed by atoms with van der Waals surface area (Å²) in [7, 11) is 0. The molecule has 21 heavy (non-hydrogen) atoms. The zero-order valence-electron chi connectivity index (χ0n) is 12.2. The SMILES string of the molecule is CCC(C)(Cn1nnnc1-c1cc(C)ccc1Br)C(=O)O. The average molecular weight is 353 g/mol. The van der Waals surface area contributed by atoms with Crippen molar-refractivity contribution in [3.05, 3.63) is 28.2 Å². The van der Waals surface area contributed by atoms with Crippen molar-refractivity contribution in [3.8, 4) is 11.4 Å². The van der Waals surface area contributed by atoms with Gasteiger partial charge >= 0.3 is 5.97 Å². The summed E-state index contributed by atoms with van der Waals surface area (Å²) in [4.78, 5) is 11.5. The van der Waals surface area contributed by atoms with Gasteiger partial charge in [0.05, 0.1) is 12.0 Å². The van der Waals surface area contributed by atoms with E-state index in [9.17, 15) is 9.90 Å². The lowest BCUT2D eigenvalue weighted by Gasteiger charge is -2.23. The third-order valence-corrected chi connectivity index (χ3v) is 4.38. The molecule has 0 bridgehead atoms. The normalized spacial score (nSPS) is 13.9. The van der Waals surface area contributed by atoms with Gasteiger partial charge in [-0.25, -0.2) is 4.68 Å². The zero-order chi connectivity index (χ0) is 15.6. The lowest BCUT2D eigenvalue weighted by atomic mass is 9.88. The summed E-state index contributed by atoms with van der Waals surface area (Å²) in [5.41, 5.74) is 1.03. The molecule has 0 aliphatic heterocycles. The van der Waals surface area contributed by atoms with E-state index < -0.39 is 11.4 Å². The summed E-state index contributed by atoms with van der Waals surface area (Å²) in [5, 5.41) is 21.1. The Hall–Kier alpha value is -1.76. The van der Waals surface area contributed by atoms with Crippen LogP contribution in [0.1, 0.15) is 25.8 Å². The molecule has 2 aromatic rings. The molecule has 1 heterocycles. The maximum Gasteiger partial charge on any atom is 0.311 e. The first-order chi connectivity index (χ1) is 9.87. The fourth-order valence-corrected chi connectivity index (χ4v) is 2.40. The van der Waals surface area contributed by atoms with Crippen molar-refractivity contribution < 1.29 is 9.90 Å². The van der Waals surface area contributed by atoms with Crippen LogP contribution >= 0.6 is 15.9 Å². The van der Waals surface area contributed by atoms with Crippen molar-refractivity contribution in [2.24, 2.45) is 5.41 Å². The van der Waals surface area contributed by atoms with Gasteiger partial charge in [0.15, 0.2) is 5.82 Å². The number of hydrogen-bond donors (Lipinski definition) is 1. The van der Waals surface area contributed by atoms with Crippen LogP contribution < -0.4 is 0 Å². The summed E-state index contributed by atoms with van der Waals surface area (Å²) >= 11 is 3.49. The first kappa shape index (κ1) is 15.6. The molecule has 1 unspecified atom stereocenters. The Labute approximate surface area is 131 Å². The topological polar surface area (TPSA) is 80.9 Å². The highest BCUT2D eigenvalue weighted by Crippen LogP contribution is 2.30. The Bertz CT molecular complexity index is 671. The van der Waals surface area contributed by atoms with Crippen LogP contribution in [0.3, 0.4) is 0 Å². The van der Waals surface area contributed by atoms with Gasteiger partial charge in [0.1, 0.15) is 0 Å². The molecule has 0 aliphatic carbocycles. The highest BCUT2D eigenvalue weighted by molar-refractivity contribution is 9.10. The summed E-state index contributed by atoms with van der Waals surface area (Å²) in [5.74, 6) is -0.291. The van der Waals surface area contributed by atoms with Gasteiger partial charge in [-0.05, 0) is 42.8 Å². The summed E-state index contributed by atoms with van der Waals surface area (Å²) < 4.78 is 2.43. The van der Waals surface area contributed by atoms with Gasteiger partial charge in [0.2, 0.25) is 0 Å². The third kappa shape index (κ3) is 3.12. The maximum atomic E-state index is 11.5. The van der Waals surface area contributed by atoms with E-state index in [1.807, 2.05) is 32.0 Å². The molecular weight excluding hydrogens is 336 g/mol. The average Bonchev–Trinajstić information content (AvgIpc) is 2.89. The van der Waals surface area contributed by atoms with Crippen molar-refractivity contribution in [2.45, 2.75) is 33.7 Å². The van der Waals surface area contributed by atoms with E-state index in [0.717, 1.165) is 15.6 Å². The van der Waals surface area contributed by atoms with E-state index in [2.05, 4.69) is 31.5 Å². The first-order valence-electron chi connectivity index (χ1n) is 6.63. The monoisotopic (exact) mass is 352 g/mol. The molecule has 1 atom stereocenters. The predicted molar refractivity (Wildman–Crippen MR) is 81.7 cm³/mol. The molecule has 1 aromatic heterocycles. The zero-order valence-corrected chi connectivity index (χ0v) is 13.8. The maximum absolute atomic E-state index is 11.5. The lowest BCUT2D eigenvalue weighted by Crippen LogP contribution is -2.32. The van der Waals surface area contributed by atoms with Crippen LogP contribution in [0.15, 0.2) is 22.7 Å². The van der Waals surface area contributed by atoms with Crippen molar-refractivity contribution in [2.75, 3.05) is 0 Å². The Morgan fingerprint density at radius 3 is 2.81 bits per heavy atom. The molecule has 2 rings (SSSR count). The van der Waals surface area contributed by atoms with E-state index in [4.69, 9.17) is 0 Å². The minimum Gasteiger partial charge on any atom is -0.481 e. The van der Waals surface area contributed by atoms with Crippen molar-refractivity contribution in [1.82, 2.24) is 20.2 Å². The van der Waals surface area contributed by atoms with E-state index in [0.29, 0.717) is 12.2 Å². The number of carbonyl (C=O) groups is 1. The fourth-order valence-electron chi connectivity index (χ4n) is 1.98. The van der Waals surface area contributed by atoms with Crippen LogP contribution in [0.2, 0.25) is 0 Å². The van der Waals surface area contributed by atoms with Crippen molar-refractivity contribution in [3.63, 3.8) is 0 Å². The molecule has 0 aliphatic rings. The van der Waals surface area contributed by atoms with Gasteiger partial charge in [-0.2, -0.15) is 0 Å². The van der Waals surface area contributed by atoms with E-state index >= 15 is 0 Å². The van der Waals surface area contributed by atoms with Gasteiger partial charge in [-0.3, -0.25) is 4.79 Å². The number of hydrogen-bond acceptors (Lipinski definition) is 4. The van der Waals surface area contributed by atoms with Crippen LogP contribution in [-0.2, 0) is 11.3 Å². The molecule has 0 fully saturated rings. The van der Waals surface area contributed by atoms with E-state index in [1.165, 1.54) is 0 Å². The molecule has 1 aromatic carbocycles. The standard InChI is InChI=1S/C14H17BrN4O2/c1-4-14(3,13(20)21)8-19-12(16-17-18-19)10-7-9(2)5-6-11(10)15/h5-7H,4,8H2,1-3H3,(H,20,21). The number of aryl methyl sites for hydroxylation is 1. The number of carboxylic acid groups (broad SMARTS) is 1. The molecule has 1 N–H and O–H groups in total. The second-order valence-corrected chi connectivity index (χ2v) is 6.22. The second-order valence-electron chi connectivity index (χ2n) is 5.36. The minimum absolute atomic E-state index is 0.224. The minimum atomic E-state index is -0.902. The van der Waals surface area contributed by atoms with E-state index in [-0.39, 0.29) is 6.54 Å². The predicted octanol–water partition coefficient (Wildman–Crippen LogP) is 2.91. The van der Waals surface area contributed by atoms with Crippen molar-refractivity contribution in [1.29, 1.82) is 0 Å². The number of carboxylic acids is 1. The largest absolute Gasteiger partial charge is 0.481 e. The number of halogens is 1. The number of rotatable bonds is 5. The molecule has 0 amide bonds. The molecular formula is C14H17BrN4O2. The van der Waals surface area contributed by atoms with Gasteiger partial charge in [0.25, 0.3) is 0 Å². The summed E-state index contributed by atoms with van der Waals surface area (Å²) in [6.07, 6.45) is 0.497. The van der Waals surface area contributed by atoms with Crippen LogP contribution in [0, 0.1) is 12.3 Å². The molecule has 0 spiro atoms. The van der Waals surface area contributed by atoms with Crippen LogP contribution in [-0.4, -0.2) is 31.3 Å². The summed E-state index contributed by atoms with van der Waals surface area (Å²) in [6, 6.07) is 5.88. The Balaban J connectivity index is 2.44. The first-order valence-corrected chi connectivity index (χ1v) is 7.43. The fraction of sp³-hybridized carbons (Fsp3) is 0.429. The third-order valence-electron chi connectivity index (χ3n) is 3.69. The van der Waals surface area contributed by atoms with E-state index in [1.54, 1.807) is 11.6 Å². The number of tetrazole rings is 1. The smallest absolute Gasteiger partial charge is 0.311 e. The molecule has 6 nitrogen and oxygen atoms in total. The number of aliphatic carboxylic acids is 1. The number of benzene rings is 1. The quantitative estimate of drug-likeness (QED) is 0.894. The number of nitrogens with zero attached hydrogens (tertiary/aromatic N) is 4. The Morgan fingerprint density at radius 1 is 1.48 bits per heavy atom. The summed E-state index contributed by atoms with van der Waals surface area (Å²) in [6.45, 7) is 5.76. The molecule has 112 valence electrons. The van der Waals surface area contributed by atoms with Crippen molar-refractivity contribution >= 4 is 21.9 Å². The van der Waals surface area contributed by atoms with Crippen LogP contribution in [0.4, 0.5) is 0 Å². The highest BCUT2D eigenvalue weighted by Gasteiger charge is 2.33. The second kappa shape index (κ2) is 5.93. The molecule has 0 saturated heterocycles. The van der Waals surface area contributed by atoms with Crippen LogP contribution in [0.5, 0.6) is 0 Å². The van der Waals surface area contributed by atoms with Gasteiger partial charge in [-0.1, -0.05) is 34.5 Å². The number of aromatic nitrogens is 4. The molecule has 0 radical (unpaired) electrons. The Kier molecular flexibility index (Phi) is 4.41. The Morgan fingerprint density at radius 2 is 2.19 bits per heavy atom. The van der Waals surface area contributed by atoms with Gasteiger partial charge < -0.3 is 5.11 Å². The van der Waals surface area contributed by atoms with Gasteiger partial charge in [0, 0.05) is 10.0 Å². The molecule has 0 saturated carbocycles. The highest BCUT2D eigenvalue weighted by atomic mass is 79.9. The van der Waals surface area contributed by atoms with Gasteiger partial charge in [-0.15, -0.1) is 5.10 Å². The lowest BCUT2D eigenvalue weighted by molar-refractivity contribution is -0.149. The van der Waals surface area contributed by atoms with Crippen LogP contribution in [0.25, 0.3) is 11.4 Å².